The number of aromatic nitrogens is 5. The van der Waals surface area contributed by atoms with Gasteiger partial charge < -0.3 is 19.9 Å². The van der Waals surface area contributed by atoms with Crippen LogP contribution in [0.25, 0.3) is 11.3 Å². The number of thiazole rings is 1. The Kier molecular flexibility index (Phi) is 11.8. The molecule has 5 aromatic rings. The number of pyridine rings is 1. The van der Waals surface area contributed by atoms with Gasteiger partial charge in [0, 0.05) is 53.3 Å². The van der Waals surface area contributed by atoms with Crippen molar-refractivity contribution in [3.05, 3.63) is 112 Å². The van der Waals surface area contributed by atoms with E-state index < -0.39 is 41.4 Å². The highest BCUT2D eigenvalue weighted by atomic mass is 32.1. The molecule has 0 bridgehead atoms. The van der Waals surface area contributed by atoms with Crippen molar-refractivity contribution in [3.63, 3.8) is 0 Å². The molecule has 0 aliphatic rings. The summed E-state index contributed by atoms with van der Waals surface area (Å²) in [7, 11) is 3.09. The van der Waals surface area contributed by atoms with Gasteiger partial charge in [0.2, 0.25) is 12.6 Å². The average molecular weight is 720 g/mol. The van der Waals surface area contributed by atoms with Crippen molar-refractivity contribution in [2.75, 3.05) is 25.5 Å². The molecule has 2 aromatic carbocycles. The number of hydrogen-bond donors (Lipinski definition) is 2. The van der Waals surface area contributed by atoms with Crippen molar-refractivity contribution in [2.45, 2.75) is 51.3 Å². The Bertz CT molecular complexity index is 1970. The predicted molar refractivity (Wildman–Crippen MR) is 182 cm³/mol. The first-order valence-electron chi connectivity index (χ1n) is 15.9. The first kappa shape index (κ1) is 37.1. The molecule has 51 heavy (non-hydrogen) atoms. The zero-order valence-corrected chi connectivity index (χ0v) is 29.2. The number of benzene rings is 2. The molecule has 3 heterocycles. The number of carbonyl (C=O) groups is 2. The van der Waals surface area contributed by atoms with E-state index in [0.717, 1.165) is 29.3 Å². The van der Waals surface area contributed by atoms with E-state index in [1.54, 1.807) is 45.2 Å². The fourth-order valence-corrected chi connectivity index (χ4v) is 6.29. The van der Waals surface area contributed by atoms with Crippen LogP contribution in [0.2, 0.25) is 0 Å². The predicted octanol–water partition coefficient (Wildman–Crippen LogP) is 4.28. The topological polar surface area (TPSA) is 158 Å². The van der Waals surface area contributed by atoms with Gasteiger partial charge in [0.15, 0.2) is 0 Å². The van der Waals surface area contributed by atoms with Crippen LogP contribution >= 0.6 is 11.3 Å². The number of nitrogens with zero attached hydrogens (tertiary/aromatic N) is 7. The molecule has 1 amide bonds. The van der Waals surface area contributed by atoms with E-state index >= 15 is 4.39 Å². The number of likely N-dealkylation sites (N-methyl/N-ethyl adjacent to an activating group) is 1. The van der Waals surface area contributed by atoms with Gasteiger partial charge in [-0.05, 0) is 36.9 Å². The number of aliphatic hydroxyl groups is 1. The largest absolute Gasteiger partial charge is 0.460 e. The zero-order valence-electron chi connectivity index (χ0n) is 28.4. The number of ether oxygens (including phenoxy) is 2. The summed E-state index contributed by atoms with van der Waals surface area (Å²) < 4.78 is 43.5. The molecule has 1 unspecified atom stereocenters. The standard InChI is InChI=1S/C35H37F2N8O5S/c1-22(33-42-30(18-51-33)25-9-7-24(15-38)8-10-25)35(48,28-14-27(36)11-12-29(28)37)19-45-21-44(20-41-45)23(2)50-34(47)43(4)32-26(6-5-13-40-32)17-49-31(46)16-39-3/h5-14,18,20-23,39,48H,15-17,19H2,1-4H3/q+1/t22-,23?,35+/m0/s1. The molecule has 16 heteroatoms. The second-order valence-corrected chi connectivity index (χ2v) is 12.7. The van der Waals surface area contributed by atoms with Crippen molar-refractivity contribution in [3.8, 4) is 11.3 Å². The molecule has 0 saturated carbocycles. The van der Waals surface area contributed by atoms with Gasteiger partial charge in [-0.3, -0.25) is 9.69 Å². The van der Waals surface area contributed by atoms with Crippen LogP contribution in [-0.4, -0.2) is 57.6 Å². The molecule has 3 atom stereocenters. The van der Waals surface area contributed by atoms with Crippen molar-refractivity contribution in [1.29, 1.82) is 0 Å². The van der Waals surface area contributed by atoms with Crippen LogP contribution in [0.4, 0.5) is 19.4 Å². The highest BCUT2D eigenvalue weighted by Gasteiger charge is 2.43. The van der Waals surface area contributed by atoms with Crippen LogP contribution in [-0.2, 0) is 39.6 Å². The van der Waals surface area contributed by atoms with E-state index in [2.05, 4.69) is 15.4 Å². The van der Waals surface area contributed by atoms with Gasteiger partial charge in [0.1, 0.15) is 36.2 Å². The first-order chi connectivity index (χ1) is 24.4. The van der Waals surface area contributed by atoms with Gasteiger partial charge in [-0.1, -0.05) is 37.3 Å². The lowest BCUT2D eigenvalue weighted by Gasteiger charge is -2.32. The molecule has 0 aliphatic heterocycles. The summed E-state index contributed by atoms with van der Waals surface area (Å²) in [5, 5.41) is 21.6. The lowest BCUT2D eigenvalue weighted by Crippen LogP contribution is -2.42. The molecule has 0 saturated heterocycles. The molecule has 2 radical (unpaired) electrons. The van der Waals surface area contributed by atoms with Crippen molar-refractivity contribution in [2.24, 2.45) is 0 Å². The van der Waals surface area contributed by atoms with Crippen molar-refractivity contribution >= 4 is 29.2 Å². The second kappa shape index (κ2) is 16.2. The van der Waals surface area contributed by atoms with E-state index in [9.17, 15) is 24.8 Å². The number of halogens is 2. The van der Waals surface area contributed by atoms with Gasteiger partial charge in [-0.2, -0.15) is 4.57 Å². The Hall–Kier alpha value is -5.16. The Morgan fingerprint density at radius 3 is 2.67 bits per heavy atom. The fraction of sp³-hybridized carbons (Fsp3) is 0.314. The number of amides is 1. The fourth-order valence-electron chi connectivity index (χ4n) is 5.32. The first-order valence-corrected chi connectivity index (χ1v) is 16.8. The van der Waals surface area contributed by atoms with Gasteiger partial charge in [-0.15, -0.1) is 21.8 Å². The van der Waals surface area contributed by atoms with Crippen molar-refractivity contribution < 1.29 is 37.5 Å². The number of anilines is 1. The minimum absolute atomic E-state index is 0.0247. The van der Waals surface area contributed by atoms with Crippen LogP contribution < -0.4 is 20.5 Å². The van der Waals surface area contributed by atoms with Gasteiger partial charge in [-0.25, -0.2) is 23.5 Å². The Morgan fingerprint density at radius 1 is 1.18 bits per heavy atom. The Labute approximate surface area is 297 Å². The maximum Gasteiger partial charge on any atom is 0.418 e. The van der Waals surface area contributed by atoms with E-state index in [1.807, 2.05) is 17.5 Å². The van der Waals surface area contributed by atoms with Crippen molar-refractivity contribution in [1.82, 2.24) is 30.8 Å². The SMILES string of the molecule is CNCC(=O)OCc1cccnc1N(C)C(=O)OC(C)[n+]1cnn(C[C@](O)(c2cc(F)ccc2F)[C@@H](C)c2nc(-c3ccc(C[N])cc3)cs2)c1. The molecular weight excluding hydrogens is 682 g/mol. The third-order valence-electron chi connectivity index (χ3n) is 8.30. The summed E-state index contributed by atoms with van der Waals surface area (Å²) in [6.45, 7) is 2.78. The van der Waals surface area contributed by atoms with E-state index in [-0.39, 0.29) is 37.6 Å². The van der Waals surface area contributed by atoms with E-state index in [4.69, 9.17) is 14.5 Å². The lowest BCUT2D eigenvalue weighted by atomic mass is 9.82. The molecule has 5 rings (SSSR count). The Balaban J connectivity index is 1.35. The van der Waals surface area contributed by atoms with Gasteiger partial charge in [0.25, 0.3) is 6.33 Å². The zero-order chi connectivity index (χ0) is 36.7. The number of rotatable bonds is 14. The third kappa shape index (κ3) is 8.60. The Morgan fingerprint density at radius 2 is 1.94 bits per heavy atom. The van der Waals surface area contributed by atoms with E-state index in [1.165, 1.54) is 51.4 Å². The molecule has 2 N–H and O–H groups in total. The highest BCUT2D eigenvalue weighted by molar-refractivity contribution is 7.10. The summed E-state index contributed by atoms with van der Waals surface area (Å²) >= 11 is 1.26. The van der Waals surface area contributed by atoms with Crippen LogP contribution in [0, 0.1) is 11.6 Å². The maximum atomic E-state index is 15.3. The van der Waals surface area contributed by atoms with Crippen LogP contribution in [0.15, 0.2) is 78.8 Å². The molecule has 3 aromatic heterocycles. The van der Waals surface area contributed by atoms with Crippen LogP contribution in [0.3, 0.4) is 0 Å². The normalized spacial score (nSPS) is 13.6. The smallest absolute Gasteiger partial charge is 0.418 e. The van der Waals surface area contributed by atoms with E-state index in [0.29, 0.717) is 16.3 Å². The summed E-state index contributed by atoms with van der Waals surface area (Å²) in [6.07, 6.45) is 2.67. The van der Waals surface area contributed by atoms with Gasteiger partial charge in [0.05, 0.1) is 23.8 Å². The molecular formula is C35H37F2N8O5S+. The van der Waals surface area contributed by atoms with Crippen LogP contribution in [0.1, 0.15) is 47.7 Å². The highest BCUT2D eigenvalue weighted by Crippen LogP contribution is 2.41. The lowest BCUT2D eigenvalue weighted by molar-refractivity contribution is -0.753. The monoisotopic (exact) mass is 719 g/mol. The second-order valence-electron chi connectivity index (χ2n) is 11.8. The third-order valence-corrected chi connectivity index (χ3v) is 9.33. The number of esters is 1. The number of nitrogens with one attached hydrogen (secondary N) is 1. The molecule has 0 aliphatic carbocycles. The van der Waals surface area contributed by atoms with Gasteiger partial charge >= 0.3 is 12.1 Å². The minimum atomic E-state index is -2.03. The number of hydrogen-bond acceptors (Lipinski definition) is 10. The molecule has 266 valence electrons. The summed E-state index contributed by atoms with van der Waals surface area (Å²) in [4.78, 5) is 35.1. The molecule has 0 fully saturated rings. The summed E-state index contributed by atoms with van der Waals surface area (Å²) in [5.74, 6) is -2.61. The maximum absolute atomic E-state index is 15.3. The number of carbonyl (C=O) groups excluding carboxylic acids is 2. The minimum Gasteiger partial charge on any atom is -0.460 e. The van der Waals surface area contributed by atoms with Crippen LogP contribution in [0.5, 0.6) is 0 Å². The summed E-state index contributed by atoms with van der Waals surface area (Å²) in [6, 6.07) is 13.4. The molecule has 13 nitrogen and oxygen atoms in total. The molecule has 0 spiro atoms. The summed E-state index contributed by atoms with van der Waals surface area (Å²) in [5.41, 5.74) is 9.72. The quantitative estimate of drug-likeness (QED) is 0.126. The average Bonchev–Trinajstić information content (AvgIpc) is 3.82.